The van der Waals surface area contributed by atoms with Crippen molar-refractivity contribution in [3.8, 4) is 0 Å². The maximum Gasteiger partial charge on any atom is 0.222 e. The summed E-state index contributed by atoms with van der Waals surface area (Å²) in [6.45, 7) is 1.28. The van der Waals surface area contributed by atoms with Crippen LogP contribution >= 0.6 is 29.3 Å². The van der Waals surface area contributed by atoms with E-state index in [0.29, 0.717) is 6.16 Å². The normalized spacial score (nSPS) is 14.8. The molecule has 2 unspecified atom stereocenters. The van der Waals surface area contributed by atoms with E-state index in [-0.39, 0.29) is 12.1 Å². The molecule has 0 saturated carbocycles. The van der Waals surface area contributed by atoms with E-state index >= 15 is 0 Å². The predicted octanol–water partition coefficient (Wildman–Crippen LogP) is 9.31. The van der Waals surface area contributed by atoms with Crippen LogP contribution in [-0.4, -0.2) is 17.1 Å². The third-order valence-corrected chi connectivity index (χ3v) is 9.52. The van der Waals surface area contributed by atoms with Gasteiger partial charge in [-0.25, -0.2) is 0 Å². The number of carbonyl (C=O) groups is 1. The van der Waals surface area contributed by atoms with Crippen LogP contribution < -0.4 is 0 Å². The van der Waals surface area contributed by atoms with E-state index in [1.54, 1.807) is 6.92 Å². The lowest BCUT2D eigenvalue weighted by molar-refractivity contribution is -0.111. The van der Waals surface area contributed by atoms with Crippen molar-refractivity contribution in [3.63, 3.8) is 0 Å². The zero-order chi connectivity index (χ0) is 20.4. The lowest BCUT2D eigenvalue weighted by atomic mass is 10.0. The van der Waals surface area contributed by atoms with Gasteiger partial charge in [-0.05, 0) is 18.0 Å². The van der Waals surface area contributed by atoms with E-state index in [2.05, 4.69) is 6.92 Å². The van der Waals surface area contributed by atoms with Gasteiger partial charge in [-0.1, -0.05) is 121 Å². The smallest absolute Gasteiger partial charge is 0.222 e. The Hall–Kier alpha value is 0.480. The quantitative estimate of drug-likeness (QED) is 0.107. The molecule has 2 nitrogen and oxygen atoms in total. The van der Waals surface area contributed by atoms with Crippen molar-refractivity contribution in [1.29, 1.82) is 0 Å². The Balaban J connectivity index is 3.33. The summed E-state index contributed by atoms with van der Waals surface area (Å²) in [5, 5.41) is -0.449. The molecule has 0 radical (unpaired) electrons. The number of rotatable bonds is 20. The first kappa shape index (κ1) is 27.5. The molecule has 0 rings (SSSR count). The van der Waals surface area contributed by atoms with Crippen LogP contribution in [0.1, 0.15) is 123 Å². The first-order valence-corrected chi connectivity index (χ1v) is 14.6. The second kappa shape index (κ2) is 18.5. The fourth-order valence-electron chi connectivity index (χ4n) is 3.46. The van der Waals surface area contributed by atoms with Crippen molar-refractivity contribution in [1.82, 2.24) is 0 Å². The minimum Gasteiger partial charge on any atom is -0.306 e. The molecule has 2 atom stereocenters. The summed E-state index contributed by atoms with van der Waals surface area (Å²) in [6, 6.07) is 0. The van der Waals surface area contributed by atoms with Gasteiger partial charge in [-0.15, -0.1) is 0 Å². The van der Waals surface area contributed by atoms with Gasteiger partial charge in [0.1, 0.15) is 0 Å². The van der Waals surface area contributed by atoms with E-state index in [4.69, 9.17) is 22.8 Å². The lowest BCUT2D eigenvalue weighted by Crippen LogP contribution is -2.07. The highest BCUT2D eigenvalue weighted by atomic mass is 35.7. The Labute approximate surface area is 178 Å². The molecule has 0 aliphatic rings. The molecule has 27 heavy (non-hydrogen) atoms. The summed E-state index contributed by atoms with van der Waals surface area (Å²) in [7, 11) is 0. The van der Waals surface area contributed by atoms with Crippen LogP contribution in [0.15, 0.2) is 0 Å². The van der Waals surface area contributed by atoms with Gasteiger partial charge < -0.3 is 4.57 Å². The van der Waals surface area contributed by atoms with Gasteiger partial charge in [0.25, 0.3) is 0 Å². The van der Waals surface area contributed by atoms with Gasteiger partial charge in [-0.2, -0.15) is 0 Å². The van der Waals surface area contributed by atoms with Gasteiger partial charge in [0, 0.05) is 18.2 Å². The molecule has 0 aromatic heterocycles. The monoisotopic (exact) mass is 440 g/mol. The number of halogens is 2. The second-order valence-electron chi connectivity index (χ2n) is 8.14. The summed E-state index contributed by atoms with van der Waals surface area (Å²) >= 11 is 11.5. The molecule has 0 spiro atoms. The van der Waals surface area contributed by atoms with Crippen LogP contribution in [0.4, 0.5) is 0 Å². The minimum absolute atomic E-state index is 0.112. The Morgan fingerprint density at radius 3 is 1.41 bits per heavy atom. The van der Waals surface area contributed by atoms with E-state index in [0.717, 1.165) is 12.8 Å². The number of unbranched alkanes of at least 4 members (excludes halogenated alkanes) is 15. The Bertz CT molecular complexity index is 402. The van der Waals surface area contributed by atoms with Gasteiger partial charge in [0.15, 0.2) is 6.49 Å². The fourth-order valence-corrected chi connectivity index (χ4v) is 5.90. The fraction of sp³-hybridized carbons (Fsp3) is 0.955. The largest absolute Gasteiger partial charge is 0.306 e. The molecule has 0 fully saturated rings. The van der Waals surface area contributed by atoms with Crippen LogP contribution in [0.2, 0.25) is 0 Å². The van der Waals surface area contributed by atoms with Gasteiger partial charge in [0.05, 0.1) is 0 Å². The molecule has 5 heteroatoms. The van der Waals surface area contributed by atoms with Gasteiger partial charge >= 0.3 is 0 Å². The third kappa shape index (κ3) is 18.3. The van der Waals surface area contributed by atoms with Crippen molar-refractivity contribution in [2.75, 3.05) is 6.16 Å². The molecule has 0 amide bonds. The van der Waals surface area contributed by atoms with E-state index < -0.39 is 11.7 Å². The number of hydrogen-bond donors (Lipinski definition) is 0. The van der Waals surface area contributed by atoms with Crippen molar-refractivity contribution in [2.24, 2.45) is 0 Å². The molecule has 0 aromatic carbocycles. The molecule has 0 heterocycles. The molecule has 162 valence electrons. The van der Waals surface area contributed by atoms with E-state index in [1.807, 2.05) is 0 Å². The van der Waals surface area contributed by atoms with Crippen LogP contribution in [0.25, 0.3) is 0 Å². The highest BCUT2D eigenvalue weighted by Crippen LogP contribution is 2.57. The molecule has 0 aliphatic heterocycles. The Morgan fingerprint density at radius 2 is 1.07 bits per heavy atom. The minimum atomic E-state index is -2.76. The zero-order valence-corrected chi connectivity index (χ0v) is 20.2. The second-order valence-corrected chi connectivity index (χ2v) is 13.0. The maximum absolute atomic E-state index is 12.4. The standard InChI is InChI=1S/C22H43Cl2O2P/c1-3-4-5-6-7-8-9-10-11-12-13-14-15-16-17-18-19-27(24,26)21(2)20-22(23)25/h21H,3-20H2,1-2H3. The topological polar surface area (TPSA) is 34.1 Å². The molecule has 0 bridgehead atoms. The Morgan fingerprint density at radius 1 is 0.741 bits per heavy atom. The summed E-state index contributed by atoms with van der Waals surface area (Å²) in [6.07, 6.45) is 21.7. The summed E-state index contributed by atoms with van der Waals surface area (Å²) in [4.78, 5) is 10.9. The number of carbonyl (C=O) groups excluding carboxylic acids is 1. The van der Waals surface area contributed by atoms with Crippen LogP contribution in [-0.2, 0) is 9.36 Å². The third-order valence-electron chi connectivity index (χ3n) is 5.43. The SMILES string of the molecule is CCCCCCCCCCCCCCCCCCP(=O)(Cl)C(C)CC(=O)Cl. The average Bonchev–Trinajstić information content (AvgIpc) is 2.60. The molecule has 0 N–H and O–H groups in total. The zero-order valence-electron chi connectivity index (χ0n) is 17.8. The average molecular weight is 441 g/mol. The summed E-state index contributed by atoms with van der Waals surface area (Å²) < 4.78 is 12.4. The highest BCUT2D eigenvalue weighted by molar-refractivity contribution is 7.89. The first-order valence-electron chi connectivity index (χ1n) is 11.4. The van der Waals surface area contributed by atoms with Crippen molar-refractivity contribution in [2.45, 2.75) is 129 Å². The molecule has 0 saturated heterocycles. The van der Waals surface area contributed by atoms with Gasteiger partial charge in [-0.3, -0.25) is 4.79 Å². The highest BCUT2D eigenvalue weighted by Gasteiger charge is 2.27. The molecule has 0 aromatic rings. The van der Waals surface area contributed by atoms with Crippen LogP contribution in [0, 0.1) is 0 Å². The van der Waals surface area contributed by atoms with E-state index in [1.165, 1.54) is 89.9 Å². The molecule has 0 aliphatic carbocycles. The van der Waals surface area contributed by atoms with E-state index in [9.17, 15) is 9.36 Å². The summed E-state index contributed by atoms with van der Waals surface area (Å²) in [5.74, 6) is 0. The predicted molar refractivity (Wildman–Crippen MR) is 123 cm³/mol. The van der Waals surface area contributed by atoms with Crippen molar-refractivity contribution < 1.29 is 9.36 Å². The number of hydrogen-bond acceptors (Lipinski definition) is 2. The Kier molecular flexibility index (Phi) is 18.8. The van der Waals surface area contributed by atoms with Crippen molar-refractivity contribution in [3.05, 3.63) is 0 Å². The maximum atomic E-state index is 12.4. The van der Waals surface area contributed by atoms with Crippen molar-refractivity contribution >= 4 is 34.6 Å². The van der Waals surface area contributed by atoms with Gasteiger partial charge in [0.2, 0.25) is 5.24 Å². The first-order chi connectivity index (χ1) is 12.9. The van der Waals surface area contributed by atoms with Crippen LogP contribution in [0.5, 0.6) is 0 Å². The summed E-state index contributed by atoms with van der Waals surface area (Å²) in [5.41, 5.74) is -0.305. The lowest BCUT2D eigenvalue weighted by Gasteiger charge is -2.16. The van der Waals surface area contributed by atoms with Crippen LogP contribution in [0.3, 0.4) is 0 Å². The molecular formula is C22H43Cl2O2P. The molecular weight excluding hydrogens is 398 g/mol.